The van der Waals surface area contributed by atoms with Gasteiger partial charge in [0.15, 0.2) is 0 Å². The largest absolute Gasteiger partial charge is 0.395 e. The van der Waals surface area contributed by atoms with E-state index >= 15 is 0 Å². The lowest BCUT2D eigenvalue weighted by atomic mass is 9.85. The summed E-state index contributed by atoms with van der Waals surface area (Å²) < 4.78 is 0. The molecule has 2 aliphatic rings. The van der Waals surface area contributed by atoms with E-state index < -0.39 is 0 Å². The average Bonchev–Trinajstić information content (AvgIpc) is 3.14. The molecule has 0 spiro atoms. The fourth-order valence-electron chi connectivity index (χ4n) is 3.24. The molecule has 2 atom stereocenters. The zero-order chi connectivity index (χ0) is 12.4. The van der Waals surface area contributed by atoms with Crippen molar-refractivity contribution in [3.8, 4) is 0 Å². The van der Waals surface area contributed by atoms with Gasteiger partial charge in [-0.1, -0.05) is 6.92 Å². The molecule has 2 saturated carbocycles. The summed E-state index contributed by atoms with van der Waals surface area (Å²) in [6.45, 7) is 2.55. The molecule has 0 aromatic rings. The third-order valence-electron chi connectivity index (χ3n) is 4.88. The minimum Gasteiger partial charge on any atom is -0.395 e. The summed E-state index contributed by atoms with van der Waals surface area (Å²) in [5, 5.41) is 9.60. The molecule has 3 nitrogen and oxygen atoms in total. The molecular formula is C14H28N2O. The number of likely N-dealkylation sites (N-methyl/N-ethyl adjacent to an activating group) is 1. The van der Waals surface area contributed by atoms with Crippen molar-refractivity contribution in [3.05, 3.63) is 0 Å². The van der Waals surface area contributed by atoms with E-state index in [2.05, 4.69) is 18.9 Å². The lowest BCUT2D eigenvalue weighted by Crippen LogP contribution is -2.53. The van der Waals surface area contributed by atoms with Crippen LogP contribution >= 0.6 is 0 Å². The molecule has 2 fully saturated rings. The van der Waals surface area contributed by atoms with Crippen molar-refractivity contribution in [1.29, 1.82) is 0 Å². The van der Waals surface area contributed by atoms with E-state index in [0.29, 0.717) is 12.0 Å². The molecule has 0 saturated heterocycles. The third kappa shape index (κ3) is 3.21. The Morgan fingerprint density at radius 1 is 1.18 bits per heavy atom. The maximum atomic E-state index is 9.60. The van der Waals surface area contributed by atoms with Crippen LogP contribution in [0.2, 0.25) is 0 Å². The van der Waals surface area contributed by atoms with E-state index in [-0.39, 0.29) is 18.7 Å². The Morgan fingerprint density at radius 3 is 2.24 bits per heavy atom. The standard InChI is InChI=1S/C14H28N2O/c1-10-3-7-12(8-4-10)16(2)13(9-17)14(15)11-5-6-11/h10-14,17H,3-9,15H2,1-2H3. The Labute approximate surface area is 105 Å². The first-order valence-corrected chi connectivity index (χ1v) is 7.21. The predicted octanol–water partition coefficient (Wildman–Crippen LogP) is 1.60. The second-order valence-electron chi connectivity index (χ2n) is 6.24. The predicted molar refractivity (Wildman–Crippen MR) is 70.8 cm³/mol. The van der Waals surface area contributed by atoms with Crippen molar-refractivity contribution in [2.24, 2.45) is 17.6 Å². The van der Waals surface area contributed by atoms with E-state index in [1.54, 1.807) is 0 Å². The molecule has 0 aromatic carbocycles. The van der Waals surface area contributed by atoms with Crippen molar-refractivity contribution >= 4 is 0 Å². The van der Waals surface area contributed by atoms with Gasteiger partial charge in [-0.05, 0) is 57.4 Å². The number of nitrogens with zero attached hydrogens (tertiary/aromatic N) is 1. The van der Waals surface area contributed by atoms with Crippen LogP contribution in [0.3, 0.4) is 0 Å². The molecule has 100 valence electrons. The molecule has 3 heteroatoms. The monoisotopic (exact) mass is 240 g/mol. The molecule has 0 radical (unpaired) electrons. The van der Waals surface area contributed by atoms with Crippen LogP contribution in [-0.4, -0.2) is 41.8 Å². The molecule has 0 aliphatic heterocycles. The van der Waals surface area contributed by atoms with Crippen LogP contribution in [0.4, 0.5) is 0 Å². The van der Waals surface area contributed by atoms with Gasteiger partial charge in [-0.2, -0.15) is 0 Å². The van der Waals surface area contributed by atoms with E-state index in [1.165, 1.54) is 38.5 Å². The fourth-order valence-corrected chi connectivity index (χ4v) is 3.24. The Morgan fingerprint density at radius 2 is 1.76 bits per heavy atom. The van der Waals surface area contributed by atoms with Crippen molar-refractivity contribution in [2.45, 2.75) is 63.6 Å². The van der Waals surface area contributed by atoms with Gasteiger partial charge < -0.3 is 10.8 Å². The van der Waals surface area contributed by atoms with Gasteiger partial charge in [-0.25, -0.2) is 0 Å². The van der Waals surface area contributed by atoms with Crippen LogP contribution in [0, 0.1) is 11.8 Å². The maximum absolute atomic E-state index is 9.60. The Bertz CT molecular complexity index is 234. The number of hydrogen-bond donors (Lipinski definition) is 2. The SMILES string of the molecule is CC1CCC(N(C)C(CO)C(N)C2CC2)CC1. The maximum Gasteiger partial charge on any atom is 0.0602 e. The van der Waals surface area contributed by atoms with Crippen molar-refractivity contribution < 1.29 is 5.11 Å². The van der Waals surface area contributed by atoms with Crippen LogP contribution in [0.25, 0.3) is 0 Å². The summed E-state index contributed by atoms with van der Waals surface area (Å²) in [6.07, 6.45) is 7.70. The van der Waals surface area contributed by atoms with Crippen molar-refractivity contribution in [1.82, 2.24) is 4.90 Å². The molecule has 3 N–H and O–H groups in total. The van der Waals surface area contributed by atoms with Crippen molar-refractivity contribution in [2.75, 3.05) is 13.7 Å². The topological polar surface area (TPSA) is 49.5 Å². The highest BCUT2D eigenvalue weighted by molar-refractivity contribution is 4.94. The van der Waals surface area contributed by atoms with E-state index in [4.69, 9.17) is 5.73 Å². The van der Waals surface area contributed by atoms with Crippen LogP contribution in [0.5, 0.6) is 0 Å². The van der Waals surface area contributed by atoms with Crippen LogP contribution in [0.15, 0.2) is 0 Å². The molecule has 2 unspecified atom stereocenters. The molecule has 0 bridgehead atoms. The van der Waals surface area contributed by atoms with E-state index in [0.717, 1.165) is 5.92 Å². The normalized spacial score (nSPS) is 33.7. The Kier molecular flexibility index (Phi) is 4.45. The minimum atomic E-state index is 0.168. The van der Waals surface area contributed by atoms with Gasteiger partial charge in [0.2, 0.25) is 0 Å². The summed E-state index contributed by atoms with van der Waals surface area (Å²) >= 11 is 0. The van der Waals surface area contributed by atoms with Crippen LogP contribution < -0.4 is 5.73 Å². The molecule has 0 aromatic heterocycles. The van der Waals surface area contributed by atoms with E-state index in [1.807, 2.05) is 0 Å². The number of rotatable bonds is 5. The summed E-state index contributed by atoms with van der Waals surface area (Å²) in [5.74, 6) is 1.54. The fraction of sp³-hybridized carbons (Fsp3) is 1.00. The van der Waals surface area contributed by atoms with Gasteiger partial charge in [-0.15, -0.1) is 0 Å². The summed E-state index contributed by atoms with van der Waals surface area (Å²) in [6, 6.07) is 0.971. The van der Waals surface area contributed by atoms with Crippen molar-refractivity contribution in [3.63, 3.8) is 0 Å². The second kappa shape index (κ2) is 5.68. The molecule has 17 heavy (non-hydrogen) atoms. The molecule has 0 heterocycles. The summed E-state index contributed by atoms with van der Waals surface area (Å²) in [4.78, 5) is 2.37. The first-order chi connectivity index (χ1) is 8.13. The highest BCUT2D eigenvalue weighted by Gasteiger charge is 2.37. The average molecular weight is 240 g/mol. The number of nitrogens with two attached hydrogens (primary N) is 1. The number of aliphatic hydroxyl groups excluding tert-OH is 1. The first kappa shape index (κ1) is 13.3. The summed E-state index contributed by atoms with van der Waals surface area (Å²) in [7, 11) is 2.16. The van der Waals surface area contributed by atoms with Gasteiger partial charge in [0.05, 0.1) is 6.61 Å². The smallest absolute Gasteiger partial charge is 0.0602 e. The van der Waals surface area contributed by atoms with E-state index in [9.17, 15) is 5.11 Å². The van der Waals surface area contributed by atoms with Gasteiger partial charge >= 0.3 is 0 Å². The second-order valence-corrected chi connectivity index (χ2v) is 6.24. The van der Waals surface area contributed by atoms with Gasteiger partial charge in [0.25, 0.3) is 0 Å². The molecule has 2 rings (SSSR count). The third-order valence-corrected chi connectivity index (χ3v) is 4.88. The zero-order valence-corrected chi connectivity index (χ0v) is 11.3. The highest BCUT2D eigenvalue weighted by Crippen LogP contribution is 2.35. The number of aliphatic hydroxyl groups is 1. The highest BCUT2D eigenvalue weighted by atomic mass is 16.3. The Hall–Kier alpha value is -0.120. The summed E-state index contributed by atoms with van der Waals surface area (Å²) in [5.41, 5.74) is 6.27. The lowest BCUT2D eigenvalue weighted by Gasteiger charge is -2.40. The van der Waals surface area contributed by atoms with Gasteiger partial charge in [-0.3, -0.25) is 4.90 Å². The Balaban J connectivity index is 1.89. The quantitative estimate of drug-likeness (QED) is 0.767. The van der Waals surface area contributed by atoms with Crippen LogP contribution in [0.1, 0.15) is 45.4 Å². The lowest BCUT2D eigenvalue weighted by molar-refractivity contribution is 0.0632. The van der Waals surface area contributed by atoms with Crippen LogP contribution in [-0.2, 0) is 0 Å². The minimum absolute atomic E-state index is 0.168. The zero-order valence-electron chi connectivity index (χ0n) is 11.3. The first-order valence-electron chi connectivity index (χ1n) is 7.21. The number of hydrogen-bond acceptors (Lipinski definition) is 3. The molecular weight excluding hydrogens is 212 g/mol. The van der Waals surface area contributed by atoms with Gasteiger partial charge in [0, 0.05) is 18.1 Å². The molecule has 0 amide bonds. The van der Waals surface area contributed by atoms with Gasteiger partial charge in [0.1, 0.15) is 0 Å². The molecule has 2 aliphatic carbocycles.